The Morgan fingerprint density at radius 2 is 1.48 bits per heavy atom. The van der Waals surface area contributed by atoms with Gasteiger partial charge < -0.3 is 24.6 Å². The molecule has 0 heterocycles. The van der Waals surface area contributed by atoms with Crippen LogP contribution in [0.5, 0.6) is 5.75 Å². The second kappa shape index (κ2) is 8.75. The Labute approximate surface area is 158 Å². The molecule has 0 bridgehead atoms. The maximum Gasteiger partial charge on any atom is 0.514 e. The number of amides is 1. The second-order valence-corrected chi connectivity index (χ2v) is 7.95. The van der Waals surface area contributed by atoms with Crippen LogP contribution in [0.4, 0.5) is 9.59 Å². The molecule has 27 heavy (non-hydrogen) atoms. The van der Waals surface area contributed by atoms with Crippen molar-refractivity contribution in [3.05, 3.63) is 29.8 Å². The molecular formula is C19H27NO7. The van der Waals surface area contributed by atoms with Gasteiger partial charge in [0.1, 0.15) is 23.0 Å². The van der Waals surface area contributed by atoms with E-state index < -0.39 is 35.5 Å². The molecule has 0 radical (unpaired) electrons. The van der Waals surface area contributed by atoms with Gasteiger partial charge in [0.2, 0.25) is 0 Å². The van der Waals surface area contributed by atoms with Crippen molar-refractivity contribution in [3.63, 3.8) is 0 Å². The molecule has 1 aromatic carbocycles. The van der Waals surface area contributed by atoms with E-state index in [1.807, 2.05) is 0 Å². The number of hydrogen-bond acceptors (Lipinski definition) is 6. The Morgan fingerprint density at radius 3 is 1.93 bits per heavy atom. The van der Waals surface area contributed by atoms with Gasteiger partial charge in [-0.1, -0.05) is 12.1 Å². The first-order valence-corrected chi connectivity index (χ1v) is 8.47. The molecule has 150 valence electrons. The van der Waals surface area contributed by atoms with Crippen LogP contribution in [0.3, 0.4) is 0 Å². The summed E-state index contributed by atoms with van der Waals surface area (Å²) >= 11 is 0. The Morgan fingerprint density at radius 1 is 0.963 bits per heavy atom. The van der Waals surface area contributed by atoms with E-state index in [4.69, 9.17) is 14.2 Å². The number of alkyl carbamates (subject to hydrolysis) is 1. The second-order valence-electron chi connectivity index (χ2n) is 7.95. The first-order chi connectivity index (χ1) is 12.2. The van der Waals surface area contributed by atoms with Crippen molar-refractivity contribution in [1.29, 1.82) is 0 Å². The third kappa shape index (κ3) is 9.48. The van der Waals surface area contributed by atoms with Gasteiger partial charge in [-0.3, -0.25) is 0 Å². The zero-order chi connectivity index (χ0) is 20.8. The van der Waals surface area contributed by atoms with E-state index in [1.165, 1.54) is 12.1 Å². The van der Waals surface area contributed by atoms with E-state index in [-0.39, 0.29) is 12.2 Å². The summed E-state index contributed by atoms with van der Waals surface area (Å²) in [6.45, 7) is 10.2. The smallest absolute Gasteiger partial charge is 0.480 e. The highest BCUT2D eigenvalue weighted by molar-refractivity contribution is 5.80. The Balaban J connectivity index is 2.69. The zero-order valence-corrected chi connectivity index (χ0v) is 16.5. The summed E-state index contributed by atoms with van der Waals surface area (Å²) in [5.41, 5.74) is -0.762. The monoisotopic (exact) mass is 381 g/mol. The molecule has 0 saturated heterocycles. The minimum absolute atomic E-state index is 0.0430. The van der Waals surface area contributed by atoms with Crippen LogP contribution < -0.4 is 10.1 Å². The van der Waals surface area contributed by atoms with E-state index >= 15 is 0 Å². The van der Waals surface area contributed by atoms with Gasteiger partial charge in [0.15, 0.2) is 0 Å². The Hall–Kier alpha value is -2.77. The minimum atomic E-state index is -1.19. The number of carbonyl (C=O) groups is 3. The number of carbonyl (C=O) groups excluding carboxylic acids is 2. The van der Waals surface area contributed by atoms with E-state index in [9.17, 15) is 19.5 Å². The molecule has 8 heteroatoms. The van der Waals surface area contributed by atoms with Crippen LogP contribution in [0.25, 0.3) is 0 Å². The molecular weight excluding hydrogens is 354 g/mol. The number of hydrogen-bond donors (Lipinski definition) is 2. The summed E-state index contributed by atoms with van der Waals surface area (Å²) < 4.78 is 15.2. The topological polar surface area (TPSA) is 111 Å². The first-order valence-electron chi connectivity index (χ1n) is 8.47. The molecule has 0 aliphatic heterocycles. The van der Waals surface area contributed by atoms with Crippen LogP contribution in [0.1, 0.15) is 47.1 Å². The average molecular weight is 381 g/mol. The van der Waals surface area contributed by atoms with Crippen molar-refractivity contribution in [2.45, 2.75) is 65.2 Å². The lowest BCUT2D eigenvalue weighted by Gasteiger charge is -2.22. The summed E-state index contributed by atoms with van der Waals surface area (Å²) in [5, 5.41) is 11.6. The predicted octanol–water partition coefficient (Wildman–Crippen LogP) is 3.52. The van der Waals surface area contributed by atoms with E-state index in [0.717, 1.165) is 0 Å². The predicted molar refractivity (Wildman–Crippen MR) is 97.8 cm³/mol. The van der Waals surface area contributed by atoms with E-state index in [0.29, 0.717) is 5.56 Å². The summed E-state index contributed by atoms with van der Waals surface area (Å²) in [6.07, 6.45) is -1.59. The SMILES string of the molecule is CC(C)(C)OC(=O)N[C@H](Cc1ccc(OC(=O)OC(C)(C)C)cc1)C(=O)O. The summed E-state index contributed by atoms with van der Waals surface area (Å²) in [6, 6.07) is 5.09. The fraction of sp³-hybridized carbons (Fsp3) is 0.526. The van der Waals surface area contributed by atoms with Gasteiger partial charge >= 0.3 is 18.2 Å². The number of rotatable bonds is 5. The van der Waals surface area contributed by atoms with Crippen molar-refractivity contribution < 1.29 is 33.7 Å². The third-order valence-corrected chi connectivity index (χ3v) is 2.94. The number of aliphatic carboxylic acids is 1. The summed E-state index contributed by atoms with van der Waals surface area (Å²) in [7, 11) is 0. The molecule has 0 unspecified atom stereocenters. The average Bonchev–Trinajstić information content (AvgIpc) is 2.44. The van der Waals surface area contributed by atoms with E-state index in [1.54, 1.807) is 53.7 Å². The highest BCUT2D eigenvalue weighted by Gasteiger charge is 2.24. The lowest BCUT2D eigenvalue weighted by Crippen LogP contribution is -2.44. The van der Waals surface area contributed by atoms with Crippen molar-refractivity contribution in [3.8, 4) is 5.75 Å². The van der Waals surface area contributed by atoms with Gasteiger partial charge in [0, 0.05) is 6.42 Å². The minimum Gasteiger partial charge on any atom is -0.480 e. The van der Waals surface area contributed by atoms with Crippen molar-refractivity contribution in [2.24, 2.45) is 0 Å². The molecule has 0 aliphatic carbocycles. The zero-order valence-electron chi connectivity index (χ0n) is 16.5. The van der Waals surface area contributed by atoms with Gasteiger partial charge in [-0.05, 0) is 59.2 Å². The van der Waals surface area contributed by atoms with Crippen molar-refractivity contribution in [2.75, 3.05) is 0 Å². The highest BCUT2D eigenvalue weighted by Crippen LogP contribution is 2.16. The number of carboxylic acids is 1. The number of ether oxygens (including phenoxy) is 3. The molecule has 8 nitrogen and oxygen atoms in total. The van der Waals surface area contributed by atoms with Crippen LogP contribution in [-0.4, -0.2) is 40.6 Å². The fourth-order valence-electron chi connectivity index (χ4n) is 1.95. The molecule has 0 aromatic heterocycles. The molecule has 0 fully saturated rings. The largest absolute Gasteiger partial charge is 0.514 e. The molecule has 0 aliphatic rings. The van der Waals surface area contributed by atoms with Crippen molar-refractivity contribution in [1.82, 2.24) is 5.32 Å². The lowest BCUT2D eigenvalue weighted by molar-refractivity contribution is -0.139. The van der Waals surface area contributed by atoms with Gasteiger partial charge in [-0.15, -0.1) is 0 Å². The number of carboxylic acid groups (broad SMARTS) is 1. The standard InChI is InChI=1S/C19H27NO7/c1-18(2,3)26-16(23)20-14(15(21)22)11-12-7-9-13(10-8-12)25-17(24)27-19(4,5)6/h7-10,14H,11H2,1-6H3,(H,20,23)(H,21,22)/t14-/m1/s1. The van der Waals surface area contributed by atoms with Crippen molar-refractivity contribution >= 4 is 18.2 Å². The number of benzene rings is 1. The van der Waals surface area contributed by atoms with Gasteiger partial charge in [0.05, 0.1) is 0 Å². The summed E-state index contributed by atoms with van der Waals surface area (Å²) in [4.78, 5) is 34.8. The first kappa shape index (κ1) is 22.3. The van der Waals surface area contributed by atoms with Gasteiger partial charge in [-0.2, -0.15) is 0 Å². The molecule has 1 aromatic rings. The highest BCUT2D eigenvalue weighted by atomic mass is 16.7. The van der Waals surface area contributed by atoms with Crippen LogP contribution in [0, 0.1) is 0 Å². The van der Waals surface area contributed by atoms with Crippen LogP contribution in [0.2, 0.25) is 0 Å². The Kier molecular flexibility index (Phi) is 7.21. The lowest BCUT2D eigenvalue weighted by atomic mass is 10.1. The Bertz CT molecular complexity index is 669. The molecule has 2 N–H and O–H groups in total. The molecule has 1 atom stereocenters. The van der Waals surface area contributed by atoms with Crippen LogP contribution in [0.15, 0.2) is 24.3 Å². The fourth-order valence-corrected chi connectivity index (χ4v) is 1.95. The van der Waals surface area contributed by atoms with Gasteiger partial charge in [-0.25, -0.2) is 14.4 Å². The molecule has 1 amide bonds. The molecule has 1 rings (SSSR count). The molecule has 0 spiro atoms. The number of nitrogens with one attached hydrogen (secondary N) is 1. The quantitative estimate of drug-likeness (QED) is 0.593. The van der Waals surface area contributed by atoms with Crippen LogP contribution in [-0.2, 0) is 20.7 Å². The van der Waals surface area contributed by atoms with Gasteiger partial charge in [0.25, 0.3) is 0 Å². The third-order valence-electron chi connectivity index (χ3n) is 2.94. The van der Waals surface area contributed by atoms with E-state index in [2.05, 4.69) is 5.32 Å². The normalized spacial score (nSPS) is 12.7. The maximum atomic E-state index is 11.8. The maximum absolute atomic E-state index is 11.8. The van der Waals surface area contributed by atoms with Crippen LogP contribution >= 0.6 is 0 Å². The molecule has 0 saturated carbocycles. The summed E-state index contributed by atoms with van der Waals surface area (Å²) in [5.74, 6) is -0.921.